The summed E-state index contributed by atoms with van der Waals surface area (Å²) in [7, 11) is -2.59. The van der Waals surface area contributed by atoms with E-state index in [2.05, 4.69) is 13.8 Å². The normalized spacial score (nSPS) is 12.2. The van der Waals surface area contributed by atoms with Gasteiger partial charge in [0.2, 0.25) is 0 Å². The summed E-state index contributed by atoms with van der Waals surface area (Å²) in [5, 5.41) is 8.89. The SMILES string of the molecule is CCC(C)c1ccc(S(=O)(=O)Oc2ccc(C#N)cc2OC)cc1. The molecule has 0 radical (unpaired) electrons. The van der Waals surface area contributed by atoms with Crippen LogP contribution in [-0.4, -0.2) is 15.5 Å². The zero-order chi connectivity index (χ0) is 17.7. The fourth-order valence-corrected chi connectivity index (χ4v) is 3.11. The molecule has 2 aromatic carbocycles. The van der Waals surface area contributed by atoms with Gasteiger partial charge in [0.05, 0.1) is 18.7 Å². The molecule has 0 aliphatic heterocycles. The first-order valence-electron chi connectivity index (χ1n) is 7.54. The van der Waals surface area contributed by atoms with Crippen molar-refractivity contribution in [2.24, 2.45) is 0 Å². The highest BCUT2D eigenvalue weighted by Gasteiger charge is 2.19. The summed E-state index contributed by atoms with van der Waals surface area (Å²) in [5.41, 5.74) is 1.43. The average molecular weight is 345 g/mol. The second-order valence-electron chi connectivity index (χ2n) is 5.39. The molecule has 1 unspecified atom stereocenters. The first-order valence-corrected chi connectivity index (χ1v) is 8.94. The van der Waals surface area contributed by atoms with E-state index in [0.29, 0.717) is 11.5 Å². The van der Waals surface area contributed by atoms with Gasteiger partial charge in [-0.2, -0.15) is 13.7 Å². The van der Waals surface area contributed by atoms with E-state index in [-0.39, 0.29) is 16.4 Å². The smallest absolute Gasteiger partial charge is 0.339 e. The van der Waals surface area contributed by atoms with Gasteiger partial charge in [-0.05, 0) is 42.2 Å². The number of nitrogens with zero attached hydrogens (tertiary/aromatic N) is 1. The van der Waals surface area contributed by atoms with Crippen LogP contribution < -0.4 is 8.92 Å². The lowest BCUT2D eigenvalue weighted by atomic mass is 9.99. The van der Waals surface area contributed by atoms with Crippen LogP contribution in [0.15, 0.2) is 47.4 Å². The van der Waals surface area contributed by atoms with Gasteiger partial charge in [-0.1, -0.05) is 26.0 Å². The van der Waals surface area contributed by atoms with E-state index < -0.39 is 10.1 Å². The number of hydrogen-bond acceptors (Lipinski definition) is 5. The van der Waals surface area contributed by atoms with Crippen molar-refractivity contribution in [2.45, 2.75) is 31.1 Å². The van der Waals surface area contributed by atoms with E-state index in [4.69, 9.17) is 14.2 Å². The topological polar surface area (TPSA) is 76.4 Å². The third kappa shape index (κ3) is 3.87. The predicted octanol–water partition coefficient (Wildman–Crippen LogP) is 3.85. The van der Waals surface area contributed by atoms with Gasteiger partial charge in [-0.3, -0.25) is 0 Å². The largest absolute Gasteiger partial charge is 0.493 e. The Balaban J connectivity index is 2.30. The number of rotatable bonds is 6. The Morgan fingerprint density at radius 1 is 1.12 bits per heavy atom. The number of ether oxygens (including phenoxy) is 1. The molecule has 0 aromatic heterocycles. The standard InChI is InChI=1S/C18H19NO4S/c1-4-13(2)15-6-8-16(9-7-15)24(20,21)23-17-10-5-14(12-19)11-18(17)22-3/h5-11,13H,4H2,1-3H3. The molecule has 0 aliphatic rings. The van der Waals surface area contributed by atoms with Crippen LogP contribution in [0.5, 0.6) is 11.5 Å². The number of hydrogen-bond donors (Lipinski definition) is 0. The Labute approximate surface area is 142 Å². The van der Waals surface area contributed by atoms with Crippen LogP contribution in [0, 0.1) is 11.3 Å². The van der Waals surface area contributed by atoms with E-state index >= 15 is 0 Å². The highest BCUT2D eigenvalue weighted by molar-refractivity contribution is 7.87. The Kier molecular flexibility index (Phi) is 5.47. The average Bonchev–Trinajstić information content (AvgIpc) is 2.61. The molecule has 0 aliphatic carbocycles. The van der Waals surface area contributed by atoms with Crippen LogP contribution in [0.3, 0.4) is 0 Å². The molecule has 24 heavy (non-hydrogen) atoms. The van der Waals surface area contributed by atoms with Gasteiger partial charge >= 0.3 is 10.1 Å². The first kappa shape index (κ1) is 17.8. The van der Waals surface area contributed by atoms with Crippen LogP contribution in [0.1, 0.15) is 37.3 Å². The van der Waals surface area contributed by atoms with Crippen molar-refractivity contribution < 1.29 is 17.3 Å². The molecule has 0 spiro atoms. The molecule has 0 amide bonds. The zero-order valence-electron chi connectivity index (χ0n) is 13.8. The molecule has 0 bridgehead atoms. The highest BCUT2D eigenvalue weighted by Crippen LogP contribution is 2.31. The number of benzene rings is 2. The molecule has 0 N–H and O–H groups in total. The molecule has 0 fully saturated rings. The second kappa shape index (κ2) is 7.37. The minimum atomic E-state index is -3.98. The Hall–Kier alpha value is -2.52. The molecule has 0 heterocycles. The van der Waals surface area contributed by atoms with Gasteiger partial charge in [0, 0.05) is 6.07 Å². The maximum absolute atomic E-state index is 12.4. The van der Waals surface area contributed by atoms with Gasteiger partial charge < -0.3 is 8.92 Å². The maximum atomic E-state index is 12.4. The molecule has 0 saturated heterocycles. The molecular weight excluding hydrogens is 326 g/mol. The van der Waals surface area contributed by atoms with E-state index in [1.54, 1.807) is 12.1 Å². The van der Waals surface area contributed by atoms with Gasteiger partial charge in [-0.15, -0.1) is 0 Å². The fourth-order valence-electron chi connectivity index (χ4n) is 2.17. The summed E-state index contributed by atoms with van der Waals surface area (Å²) in [4.78, 5) is 0.0703. The minimum Gasteiger partial charge on any atom is -0.493 e. The predicted molar refractivity (Wildman–Crippen MR) is 90.7 cm³/mol. The molecule has 126 valence electrons. The van der Waals surface area contributed by atoms with Crippen molar-refractivity contribution in [3.05, 3.63) is 53.6 Å². The van der Waals surface area contributed by atoms with Crippen LogP contribution in [0.2, 0.25) is 0 Å². The van der Waals surface area contributed by atoms with E-state index in [1.165, 1.54) is 37.4 Å². The van der Waals surface area contributed by atoms with Gasteiger partial charge in [-0.25, -0.2) is 0 Å². The van der Waals surface area contributed by atoms with Crippen LogP contribution in [0.4, 0.5) is 0 Å². The molecule has 5 nitrogen and oxygen atoms in total. The molecule has 2 aromatic rings. The van der Waals surface area contributed by atoms with E-state index in [9.17, 15) is 8.42 Å². The Morgan fingerprint density at radius 2 is 1.79 bits per heavy atom. The van der Waals surface area contributed by atoms with E-state index in [1.807, 2.05) is 6.07 Å². The molecule has 2 rings (SSSR count). The third-order valence-electron chi connectivity index (χ3n) is 3.84. The summed E-state index contributed by atoms with van der Waals surface area (Å²) >= 11 is 0. The summed E-state index contributed by atoms with van der Waals surface area (Å²) in [6, 6.07) is 12.9. The zero-order valence-corrected chi connectivity index (χ0v) is 14.6. The summed E-state index contributed by atoms with van der Waals surface area (Å²) in [5.74, 6) is 0.595. The Morgan fingerprint density at radius 3 is 2.33 bits per heavy atom. The lowest BCUT2D eigenvalue weighted by molar-refractivity contribution is 0.390. The minimum absolute atomic E-state index is 0.0440. The van der Waals surface area contributed by atoms with Crippen LogP contribution in [0.25, 0.3) is 0 Å². The number of nitriles is 1. The second-order valence-corrected chi connectivity index (χ2v) is 6.94. The first-order chi connectivity index (χ1) is 11.4. The Bertz CT molecular complexity index is 852. The van der Waals surface area contributed by atoms with E-state index in [0.717, 1.165) is 12.0 Å². The van der Waals surface area contributed by atoms with Gasteiger partial charge in [0.1, 0.15) is 4.90 Å². The van der Waals surface area contributed by atoms with Crippen molar-refractivity contribution in [1.82, 2.24) is 0 Å². The van der Waals surface area contributed by atoms with Crippen molar-refractivity contribution in [2.75, 3.05) is 7.11 Å². The molecule has 6 heteroatoms. The van der Waals surface area contributed by atoms with Crippen LogP contribution >= 0.6 is 0 Å². The summed E-state index contributed by atoms with van der Waals surface area (Å²) in [6.07, 6.45) is 0.977. The molecule has 0 saturated carbocycles. The third-order valence-corrected chi connectivity index (χ3v) is 5.09. The lowest BCUT2D eigenvalue weighted by Gasteiger charge is -2.12. The summed E-state index contributed by atoms with van der Waals surface area (Å²) in [6.45, 7) is 4.16. The molecule has 1 atom stereocenters. The number of methoxy groups -OCH3 is 1. The van der Waals surface area contributed by atoms with Crippen molar-refractivity contribution in [3.63, 3.8) is 0 Å². The summed E-state index contributed by atoms with van der Waals surface area (Å²) < 4.78 is 35.1. The van der Waals surface area contributed by atoms with Crippen molar-refractivity contribution in [3.8, 4) is 17.6 Å². The monoisotopic (exact) mass is 345 g/mol. The van der Waals surface area contributed by atoms with Crippen molar-refractivity contribution in [1.29, 1.82) is 5.26 Å². The maximum Gasteiger partial charge on any atom is 0.339 e. The quantitative estimate of drug-likeness (QED) is 0.743. The van der Waals surface area contributed by atoms with Crippen LogP contribution in [-0.2, 0) is 10.1 Å². The lowest BCUT2D eigenvalue weighted by Crippen LogP contribution is -2.10. The van der Waals surface area contributed by atoms with Crippen molar-refractivity contribution >= 4 is 10.1 Å². The molecular formula is C18H19NO4S. The highest BCUT2D eigenvalue weighted by atomic mass is 32.2. The van der Waals surface area contributed by atoms with Gasteiger partial charge in [0.25, 0.3) is 0 Å². The van der Waals surface area contributed by atoms with Gasteiger partial charge in [0.15, 0.2) is 11.5 Å². The fraction of sp³-hybridized carbons (Fsp3) is 0.278.